The second-order valence-electron chi connectivity index (χ2n) is 8.20. The molecule has 0 unspecified atom stereocenters. The van der Waals surface area contributed by atoms with Crippen molar-refractivity contribution in [3.63, 3.8) is 0 Å². The number of hydrogen-bond acceptors (Lipinski definition) is 5. The maximum Gasteiger partial charge on any atom is 0.257 e. The summed E-state index contributed by atoms with van der Waals surface area (Å²) in [7, 11) is 0. The van der Waals surface area contributed by atoms with Crippen LogP contribution in [0.5, 0.6) is 0 Å². The molecule has 0 saturated carbocycles. The molecule has 0 radical (unpaired) electrons. The van der Waals surface area contributed by atoms with Crippen LogP contribution in [0.15, 0.2) is 36.5 Å². The summed E-state index contributed by atoms with van der Waals surface area (Å²) in [4.78, 5) is 26.6. The lowest BCUT2D eigenvalue weighted by Crippen LogP contribution is -2.49. The van der Waals surface area contributed by atoms with E-state index in [2.05, 4.69) is 28.8 Å². The first-order chi connectivity index (χ1) is 14.8. The Morgan fingerprint density at radius 3 is 2.48 bits per heavy atom. The fourth-order valence-electron chi connectivity index (χ4n) is 3.79. The Labute approximate surface area is 187 Å². The van der Waals surface area contributed by atoms with Gasteiger partial charge in [-0.15, -0.1) is 0 Å². The molecule has 0 spiro atoms. The minimum atomic E-state index is 0.00663. The summed E-state index contributed by atoms with van der Waals surface area (Å²) >= 11 is 6.11. The van der Waals surface area contributed by atoms with E-state index < -0.39 is 0 Å². The highest BCUT2D eigenvalue weighted by atomic mass is 35.5. The number of amides is 1. The molecule has 1 aliphatic rings. The number of benzene rings is 1. The van der Waals surface area contributed by atoms with Crippen LogP contribution in [-0.2, 0) is 0 Å². The summed E-state index contributed by atoms with van der Waals surface area (Å²) in [6, 6.07) is 9.47. The van der Waals surface area contributed by atoms with Gasteiger partial charge in [0, 0.05) is 48.9 Å². The lowest BCUT2D eigenvalue weighted by molar-refractivity contribution is 0.0745. The summed E-state index contributed by atoms with van der Waals surface area (Å²) in [5, 5.41) is 5.06. The predicted molar refractivity (Wildman–Crippen MR) is 122 cm³/mol. The molecule has 0 N–H and O–H groups in total. The van der Waals surface area contributed by atoms with Crippen LogP contribution in [0.4, 0.5) is 5.82 Å². The van der Waals surface area contributed by atoms with Gasteiger partial charge in [-0.2, -0.15) is 5.10 Å². The molecular formula is C23H27ClN6O. The number of rotatable bonds is 4. The first-order valence-corrected chi connectivity index (χ1v) is 10.9. The van der Waals surface area contributed by atoms with Crippen LogP contribution in [-0.4, -0.2) is 56.7 Å². The zero-order valence-corrected chi connectivity index (χ0v) is 19.1. The monoisotopic (exact) mass is 438 g/mol. The van der Waals surface area contributed by atoms with Gasteiger partial charge in [-0.25, -0.2) is 14.6 Å². The number of nitrogens with zero attached hydrogens (tertiary/aromatic N) is 6. The number of halogens is 1. The summed E-state index contributed by atoms with van der Waals surface area (Å²) < 4.78 is 1.76. The Kier molecular flexibility index (Phi) is 5.96. The molecule has 2 aromatic heterocycles. The summed E-state index contributed by atoms with van der Waals surface area (Å²) in [5.41, 5.74) is 3.24. The van der Waals surface area contributed by atoms with Crippen molar-refractivity contribution in [3.05, 3.63) is 64.3 Å². The lowest BCUT2D eigenvalue weighted by Gasteiger charge is -2.35. The fourth-order valence-corrected chi connectivity index (χ4v) is 3.98. The minimum Gasteiger partial charge on any atom is -0.353 e. The molecule has 1 aliphatic heterocycles. The summed E-state index contributed by atoms with van der Waals surface area (Å²) in [5.74, 6) is 2.08. The van der Waals surface area contributed by atoms with Crippen molar-refractivity contribution >= 4 is 23.3 Å². The standard InChI is InChI=1S/C23H27ClN6O/c1-15(2)22-26-16(3)12-21(27-22)28-8-10-29(11-9-28)23(31)20-14-25-30(17(20)4)19-7-5-6-18(24)13-19/h5-7,12-15H,8-11H2,1-4H3. The second-order valence-corrected chi connectivity index (χ2v) is 8.63. The molecule has 8 heteroatoms. The van der Waals surface area contributed by atoms with E-state index in [0.717, 1.165) is 41.8 Å². The van der Waals surface area contributed by atoms with Crippen LogP contribution in [0.2, 0.25) is 5.02 Å². The smallest absolute Gasteiger partial charge is 0.257 e. The molecule has 1 saturated heterocycles. The Morgan fingerprint density at radius 2 is 1.81 bits per heavy atom. The van der Waals surface area contributed by atoms with E-state index in [4.69, 9.17) is 16.6 Å². The van der Waals surface area contributed by atoms with Crippen molar-refractivity contribution in [1.29, 1.82) is 0 Å². The molecular weight excluding hydrogens is 412 g/mol. The molecule has 3 heterocycles. The topological polar surface area (TPSA) is 67.2 Å². The average Bonchev–Trinajstić information content (AvgIpc) is 3.14. The maximum absolute atomic E-state index is 13.2. The third-order valence-electron chi connectivity index (χ3n) is 5.56. The maximum atomic E-state index is 13.2. The van der Waals surface area contributed by atoms with Gasteiger partial charge in [-0.05, 0) is 32.0 Å². The van der Waals surface area contributed by atoms with Gasteiger partial charge in [0.1, 0.15) is 11.6 Å². The van der Waals surface area contributed by atoms with Crippen LogP contribution < -0.4 is 4.90 Å². The molecule has 31 heavy (non-hydrogen) atoms. The number of carbonyl (C=O) groups is 1. The first-order valence-electron chi connectivity index (χ1n) is 10.5. The molecule has 162 valence electrons. The van der Waals surface area contributed by atoms with E-state index in [1.807, 2.05) is 49.1 Å². The molecule has 1 aromatic carbocycles. The van der Waals surface area contributed by atoms with E-state index in [9.17, 15) is 4.79 Å². The van der Waals surface area contributed by atoms with E-state index in [1.54, 1.807) is 10.9 Å². The Morgan fingerprint density at radius 1 is 1.06 bits per heavy atom. The molecule has 0 bridgehead atoms. The average molecular weight is 439 g/mol. The normalized spacial score (nSPS) is 14.4. The highest BCUT2D eigenvalue weighted by Gasteiger charge is 2.26. The molecule has 0 aliphatic carbocycles. The van der Waals surface area contributed by atoms with Gasteiger partial charge in [-0.1, -0.05) is 31.5 Å². The first kappa shape index (κ1) is 21.3. The quantitative estimate of drug-likeness (QED) is 0.615. The SMILES string of the molecule is Cc1cc(N2CCN(C(=O)c3cnn(-c4cccc(Cl)c4)c3C)CC2)nc(C(C)C)n1. The molecule has 4 rings (SSSR count). The molecule has 7 nitrogen and oxygen atoms in total. The predicted octanol–water partition coefficient (Wildman–Crippen LogP) is 4.02. The van der Waals surface area contributed by atoms with Crippen molar-refractivity contribution in [2.45, 2.75) is 33.6 Å². The van der Waals surface area contributed by atoms with Gasteiger partial charge >= 0.3 is 0 Å². The van der Waals surface area contributed by atoms with Crippen LogP contribution in [0, 0.1) is 13.8 Å². The molecule has 1 fully saturated rings. The number of aromatic nitrogens is 4. The Hall–Kier alpha value is -2.93. The van der Waals surface area contributed by atoms with Gasteiger partial charge in [0.25, 0.3) is 5.91 Å². The van der Waals surface area contributed by atoms with E-state index in [0.29, 0.717) is 23.7 Å². The summed E-state index contributed by atoms with van der Waals surface area (Å²) in [6.45, 7) is 10.9. The van der Waals surface area contributed by atoms with Gasteiger partial charge in [0.2, 0.25) is 0 Å². The number of aryl methyl sites for hydroxylation is 1. The lowest BCUT2D eigenvalue weighted by atomic mass is 10.2. The van der Waals surface area contributed by atoms with Gasteiger partial charge in [-0.3, -0.25) is 4.79 Å². The molecule has 3 aromatic rings. The van der Waals surface area contributed by atoms with Gasteiger partial charge in [0.05, 0.1) is 23.1 Å². The zero-order chi connectivity index (χ0) is 22.1. The van der Waals surface area contributed by atoms with Crippen LogP contribution in [0.3, 0.4) is 0 Å². The number of piperazine rings is 1. The van der Waals surface area contributed by atoms with Gasteiger partial charge in [0.15, 0.2) is 0 Å². The second kappa shape index (κ2) is 8.67. The molecule has 0 atom stereocenters. The third kappa shape index (κ3) is 4.42. The van der Waals surface area contributed by atoms with Crippen molar-refractivity contribution in [1.82, 2.24) is 24.6 Å². The minimum absolute atomic E-state index is 0.00663. The Bertz CT molecular complexity index is 1100. The molecule has 1 amide bonds. The highest BCUT2D eigenvalue weighted by Crippen LogP contribution is 2.22. The van der Waals surface area contributed by atoms with Crippen LogP contribution in [0.25, 0.3) is 5.69 Å². The van der Waals surface area contributed by atoms with Crippen molar-refractivity contribution in [2.24, 2.45) is 0 Å². The zero-order valence-electron chi connectivity index (χ0n) is 18.3. The number of hydrogen-bond donors (Lipinski definition) is 0. The van der Waals surface area contributed by atoms with E-state index in [-0.39, 0.29) is 11.8 Å². The van der Waals surface area contributed by atoms with E-state index >= 15 is 0 Å². The van der Waals surface area contributed by atoms with E-state index in [1.165, 1.54) is 0 Å². The Balaban J connectivity index is 1.47. The van der Waals surface area contributed by atoms with Crippen molar-refractivity contribution in [2.75, 3.05) is 31.1 Å². The number of carbonyl (C=O) groups excluding carboxylic acids is 1. The van der Waals surface area contributed by atoms with Crippen LogP contribution >= 0.6 is 11.6 Å². The third-order valence-corrected chi connectivity index (χ3v) is 5.79. The van der Waals surface area contributed by atoms with Crippen LogP contribution in [0.1, 0.15) is 47.3 Å². The fraction of sp³-hybridized carbons (Fsp3) is 0.391. The number of anilines is 1. The largest absolute Gasteiger partial charge is 0.353 e. The highest BCUT2D eigenvalue weighted by molar-refractivity contribution is 6.30. The van der Waals surface area contributed by atoms with Crippen molar-refractivity contribution < 1.29 is 4.79 Å². The van der Waals surface area contributed by atoms with Gasteiger partial charge < -0.3 is 9.80 Å². The summed E-state index contributed by atoms with van der Waals surface area (Å²) in [6.07, 6.45) is 1.65. The van der Waals surface area contributed by atoms with Crippen molar-refractivity contribution in [3.8, 4) is 5.69 Å².